The Morgan fingerprint density at radius 3 is 2.74 bits per heavy atom. The Labute approximate surface area is 112 Å². The number of amides is 1. The molecular formula is C13H21NO5. The van der Waals surface area contributed by atoms with Crippen molar-refractivity contribution in [3.8, 4) is 0 Å². The third-order valence-electron chi connectivity index (χ3n) is 3.96. The molecule has 6 nitrogen and oxygen atoms in total. The number of methoxy groups -OCH3 is 1. The van der Waals surface area contributed by atoms with E-state index < -0.39 is 5.79 Å². The van der Waals surface area contributed by atoms with Crippen molar-refractivity contribution in [3.05, 3.63) is 0 Å². The molecule has 3 saturated heterocycles. The minimum absolute atomic E-state index is 0.0337. The molecule has 3 aliphatic rings. The van der Waals surface area contributed by atoms with Crippen molar-refractivity contribution < 1.29 is 23.7 Å². The van der Waals surface area contributed by atoms with E-state index in [1.165, 1.54) is 0 Å². The number of fused-ring (bicyclic) bond motifs is 1. The maximum Gasteiger partial charge on any atom is 0.222 e. The number of nitrogens with one attached hydrogen (secondary N) is 1. The maximum absolute atomic E-state index is 10.9. The third kappa shape index (κ3) is 2.50. The van der Waals surface area contributed by atoms with Crippen LogP contribution < -0.4 is 5.32 Å². The molecule has 3 rings (SSSR count). The summed E-state index contributed by atoms with van der Waals surface area (Å²) in [4.78, 5) is 10.9. The number of carbonyl (C=O) groups excluding carboxylic acids is 1. The van der Waals surface area contributed by atoms with Crippen molar-refractivity contribution in [2.75, 3.05) is 7.11 Å². The Kier molecular flexibility index (Phi) is 3.29. The molecule has 0 radical (unpaired) electrons. The minimum atomic E-state index is -0.612. The van der Waals surface area contributed by atoms with Gasteiger partial charge in [-0.3, -0.25) is 4.79 Å². The highest BCUT2D eigenvalue weighted by molar-refractivity contribution is 5.82. The maximum atomic E-state index is 10.9. The second-order valence-corrected chi connectivity index (χ2v) is 5.89. The molecule has 6 heteroatoms. The lowest BCUT2D eigenvalue weighted by atomic mass is 9.97. The van der Waals surface area contributed by atoms with Crippen LogP contribution in [0.1, 0.15) is 33.1 Å². The molecule has 0 bridgehead atoms. The molecule has 5 unspecified atom stereocenters. The van der Waals surface area contributed by atoms with Crippen LogP contribution in [0.3, 0.4) is 0 Å². The van der Waals surface area contributed by atoms with Crippen molar-refractivity contribution in [1.29, 1.82) is 0 Å². The summed E-state index contributed by atoms with van der Waals surface area (Å²) in [5, 5.41) is 2.87. The van der Waals surface area contributed by atoms with Gasteiger partial charge >= 0.3 is 0 Å². The topological polar surface area (TPSA) is 66.0 Å². The molecule has 19 heavy (non-hydrogen) atoms. The molecule has 0 aliphatic carbocycles. The van der Waals surface area contributed by atoms with Crippen LogP contribution in [0.2, 0.25) is 0 Å². The van der Waals surface area contributed by atoms with Gasteiger partial charge in [0.2, 0.25) is 5.91 Å². The van der Waals surface area contributed by atoms with Crippen LogP contribution in [-0.4, -0.2) is 49.4 Å². The predicted octanol–water partition coefficient (Wildman–Crippen LogP) is 0.547. The van der Waals surface area contributed by atoms with E-state index in [-0.39, 0.29) is 36.6 Å². The van der Waals surface area contributed by atoms with Gasteiger partial charge in [0.1, 0.15) is 12.2 Å². The molecule has 3 fully saturated rings. The number of hydrogen-bond acceptors (Lipinski definition) is 5. The number of carbonyl (C=O) groups is 1. The molecule has 5 atom stereocenters. The zero-order valence-corrected chi connectivity index (χ0v) is 11.5. The van der Waals surface area contributed by atoms with E-state index in [1.807, 2.05) is 13.8 Å². The number of ether oxygens (including phenoxy) is 4. The summed E-state index contributed by atoms with van der Waals surface area (Å²) in [5.41, 5.74) is 0. The van der Waals surface area contributed by atoms with Gasteiger partial charge in [-0.1, -0.05) is 0 Å². The van der Waals surface area contributed by atoms with E-state index in [1.54, 1.807) is 7.11 Å². The summed E-state index contributed by atoms with van der Waals surface area (Å²) in [7, 11) is 1.67. The van der Waals surface area contributed by atoms with E-state index in [9.17, 15) is 4.79 Å². The summed E-state index contributed by atoms with van der Waals surface area (Å²) < 4.78 is 22.9. The lowest BCUT2D eigenvalue weighted by Crippen LogP contribution is -2.49. The second kappa shape index (κ2) is 4.70. The Morgan fingerprint density at radius 1 is 1.37 bits per heavy atom. The van der Waals surface area contributed by atoms with Crippen molar-refractivity contribution in [2.24, 2.45) is 0 Å². The van der Waals surface area contributed by atoms with Gasteiger partial charge < -0.3 is 24.3 Å². The first kappa shape index (κ1) is 13.3. The number of β-lactam (4-membered cyclic amide) rings is 1. The average molecular weight is 271 g/mol. The Bertz CT molecular complexity index is 364. The lowest BCUT2D eigenvalue weighted by Gasteiger charge is -2.29. The highest BCUT2D eigenvalue weighted by atomic mass is 16.8. The monoisotopic (exact) mass is 271 g/mol. The molecule has 0 aromatic heterocycles. The van der Waals surface area contributed by atoms with Gasteiger partial charge in [-0.2, -0.15) is 0 Å². The van der Waals surface area contributed by atoms with Crippen molar-refractivity contribution in [3.63, 3.8) is 0 Å². The van der Waals surface area contributed by atoms with E-state index in [2.05, 4.69) is 5.32 Å². The van der Waals surface area contributed by atoms with E-state index in [0.717, 1.165) is 12.8 Å². The van der Waals surface area contributed by atoms with Gasteiger partial charge in [-0.05, 0) is 26.7 Å². The fourth-order valence-electron chi connectivity index (χ4n) is 3.03. The molecule has 108 valence electrons. The SMILES string of the molecule is COC1C(CCC2CC(=O)N2)OC2OC(C)(C)OC21. The molecule has 0 saturated carbocycles. The van der Waals surface area contributed by atoms with Crippen LogP contribution in [0.15, 0.2) is 0 Å². The molecule has 0 spiro atoms. The smallest absolute Gasteiger partial charge is 0.222 e. The van der Waals surface area contributed by atoms with Crippen LogP contribution in [0.5, 0.6) is 0 Å². The van der Waals surface area contributed by atoms with Crippen LogP contribution in [0.25, 0.3) is 0 Å². The molecule has 1 amide bonds. The largest absolute Gasteiger partial charge is 0.376 e. The van der Waals surface area contributed by atoms with Gasteiger partial charge in [-0.25, -0.2) is 0 Å². The Hall–Kier alpha value is -0.690. The first-order valence-electron chi connectivity index (χ1n) is 6.82. The van der Waals surface area contributed by atoms with Crippen LogP contribution in [0, 0.1) is 0 Å². The summed E-state index contributed by atoms with van der Waals surface area (Å²) >= 11 is 0. The van der Waals surface area contributed by atoms with Gasteiger partial charge in [0, 0.05) is 19.6 Å². The van der Waals surface area contributed by atoms with E-state index in [4.69, 9.17) is 18.9 Å². The summed E-state index contributed by atoms with van der Waals surface area (Å²) in [5.74, 6) is -0.482. The van der Waals surface area contributed by atoms with Crippen LogP contribution in [-0.2, 0) is 23.7 Å². The van der Waals surface area contributed by atoms with Crippen LogP contribution >= 0.6 is 0 Å². The summed E-state index contributed by atoms with van der Waals surface area (Å²) in [6.45, 7) is 3.75. The van der Waals surface area contributed by atoms with E-state index >= 15 is 0 Å². The predicted molar refractivity (Wildman–Crippen MR) is 65.3 cm³/mol. The molecule has 3 heterocycles. The lowest BCUT2D eigenvalue weighted by molar-refractivity contribution is -0.217. The van der Waals surface area contributed by atoms with Crippen molar-refractivity contribution >= 4 is 5.91 Å². The normalized spacial score (nSPS) is 43.7. The molecule has 0 aromatic carbocycles. The van der Waals surface area contributed by atoms with Crippen molar-refractivity contribution in [1.82, 2.24) is 5.32 Å². The fourth-order valence-corrected chi connectivity index (χ4v) is 3.03. The Balaban J connectivity index is 1.54. The molecule has 3 aliphatic heterocycles. The standard InChI is InChI=1S/C13H21NO5/c1-13(2)18-11-10(16-3)8(17-12(11)19-13)5-4-7-6-9(15)14-7/h7-8,10-12H,4-6H2,1-3H3,(H,14,15). The second-order valence-electron chi connectivity index (χ2n) is 5.89. The average Bonchev–Trinajstić information content (AvgIpc) is 2.73. The van der Waals surface area contributed by atoms with Gasteiger partial charge in [-0.15, -0.1) is 0 Å². The van der Waals surface area contributed by atoms with Crippen molar-refractivity contribution in [2.45, 2.75) is 69.5 Å². The van der Waals surface area contributed by atoms with E-state index in [0.29, 0.717) is 6.42 Å². The molecular weight excluding hydrogens is 250 g/mol. The van der Waals surface area contributed by atoms with Gasteiger partial charge in [0.05, 0.1) is 6.10 Å². The van der Waals surface area contributed by atoms with Crippen LogP contribution in [0.4, 0.5) is 0 Å². The number of hydrogen-bond donors (Lipinski definition) is 1. The third-order valence-corrected chi connectivity index (χ3v) is 3.96. The highest BCUT2D eigenvalue weighted by Gasteiger charge is 2.54. The first-order chi connectivity index (χ1) is 8.98. The summed E-state index contributed by atoms with van der Waals surface area (Å²) in [6.07, 6.45) is 1.71. The molecule has 0 aromatic rings. The first-order valence-corrected chi connectivity index (χ1v) is 6.82. The zero-order valence-electron chi connectivity index (χ0n) is 11.5. The Morgan fingerprint density at radius 2 is 2.11 bits per heavy atom. The summed E-state index contributed by atoms with van der Waals surface area (Å²) in [6, 6.07) is 0.285. The quantitative estimate of drug-likeness (QED) is 0.756. The van der Waals surface area contributed by atoms with Gasteiger partial charge in [0.25, 0.3) is 0 Å². The highest BCUT2D eigenvalue weighted by Crippen LogP contribution is 2.39. The fraction of sp³-hybridized carbons (Fsp3) is 0.923. The zero-order chi connectivity index (χ0) is 13.6. The minimum Gasteiger partial charge on any atom is -0.376 e. The van der Waals surface area contributed by atoms with Gasteiger partial charge in [0.15, 0.2) is 12.1 Å². The number of rotatable bonds is 4. The molecule has 1 N–H and O–H groups in total.